The van der Waals surface area contributed by atoms with Crippen molar-refractivity contribution in [2.45, 2.75) is 38.1 Å². The van der Waals surface area contributed by atoms with E-state index in [4.69, 9.17) is 18.6 Å². The molecule has 1 fully saturated rings. The van der Waals surface area contributed by atoms with E-state index in [1.165, 1.54) is 27.4 Å². The van der Waals surface area contributed by atoms with E-state index in [0.29, 0.717) is 54.7 Å². The molecule has 3 aromatic rings. The third-order valence-electron chi connectivity index (χ3n) is 6.63. The molecule has 38 heavy (non-hydrogen) atoms. The molecule has 0 bridgehead atoms. The molecular formula is C27H32N4O7. The number of benzene rings is 1. The van der Waals surface area contributed by atoms with Crippen molar-refractivity contribution >= 4 is 11.9 Å². The monoisotopic (exact) mass is 524 g/mol. The molecule has 0 radical (unpaired) electrons. The molecular weight excluding hydrogens is 492 g/mol. The van der Waals surface area contributed by atoms with Gasteiger partial charge < -0.3 is 34.0 Å². The second kappa shape index (κ2) is 11.8. The van der Waals surface area contributed by atoms with Gasteiger partial charge in [0.25, 0.3) is 0 Å². The number of piperidine rings is 1. The van der Waals surface area contributed by atoms with Gasteiger partial charge in [0.15, 0.2) is 11.5 Å². The molecule has 0 spiro atoms. The minimum atomic E-state index is -0.876. The lowest BCUT2D eigenvalue weighted by molar-refractivity contribution is -0.122. The molecule has 2 aromatic heterocycles. The minimum Gasteiger partial charge on any atom is -0.507 e. The Morgan fingerprint density at radius 1 is 1.13 bits per heavy atom. The molecule has 202 valence electrons. The van der Waals surface area contributed by atoms with Gasteiger partial charge in [-0.3, -0.25) is 4.79 Å². The summed E-state index contributed by atoms with van der Waals surface area (Å²) in [6.45, 7) is 2.96. The van der Waals surface area contributed by atoms with E-state index in [1.807, 2.05) is 0 Å². The summed E-state index contributed by atoms with van der Waals surface area (Å²) in [6.07, 6.45) is 4.71. The lowest BCUT2D eigenvalue weighted by atomic mass is 9.87. The molecule has 0 saturated carbocycles. The normalized spacial score (nSPS) is 14.6. The Hall–Kier alpha value is -4.28. The van der Waals surface area contributed by atoms with Crippen molar-refractivity contribution in [1.82, 2.24) is 15.3 Å². The van der Waals surface area contributed by atoms with Crippen LogP contribution in [0.4, 0.5) is 5.95 Å². The number of aryl methyl sites for hydroxylation is 1. The summed E-state index contributed by atoms with van der Waals surface area (Å²) in [6, 6.07) is 6.42. The average molecular weight is 525 g/mol. The summed E-state index contributed by atoms with van der Waals surface area (Å²) in [7, 11) is 4.42. The van der Waals surface area contributed by atoms with Crippen molar-refractivity contribution in [2.75, 3.05) is 39.3 Å². The lowest BCUT2D eigenvalue weighted by Gasteiger charge is -2.32. The molecule has 4 rings (SSSR count). The van der Waals surface area contributed by atoms with Crippen LogP contribution >= 0.6 is 0 Å². The number of carbonyl (C=O) groups excluding carboxylic acids is 1. The number of carbonyl (C=O) groups is 1. The van der Waals surface area contributed by atoms with Gasteiger partial charge in [0, 0.05) is 55.5 Å². The number of aromatic hydroxyl groups is 1. The van der Waals surface area contributed by atoms with E-state index >= 15 is 0 Å². The Kier molecular flexibility index (Phi) is 8.35. The predicted molar refractivity (Wildman–Crippen MR) is 139 cm³/mol. The first-order chi connectivity index (χ1) is 18.4. The number of nitrogens with zero attached hydrogens (tertiary/aromatic N) is 3. The van der Waals surface area contributed by atoms with Crippen molar-refractivity contribution in [2.24, 2.45) is 0 Å². The van der Waals surface area contributed by atoms with Crippen molar-refractivity contribution < 1.29 is 28.5 Å². The zero-order valence-electron chi connectivity index (χ0n) is 21.9. The summed E-state index contributed by atoms with van der Waals surface area (Å²) in [5.74, 6) is 0.534. The van der Waals surface area contributed by atoms with Crippen LogP contribution in [0.1, 0.15) is 42.1 Å². The summed E-state index contributed by atoms with van der Waals surface area (Å²) < 4.78 is 21.8. The van der Waals surface area contributed by atoms with E-state index in [-0.39, 0.29) is 35.4 Å². The maximum atomic E-state index is 13.3. The summed E-state index contributed by atoms with van der Waals surface area (Å²) in [4.78, 5) is 36.9. The number of nitrogens with one attached hydrogen (secondary N) is 1. The largest absolute Gasteiger partial charge is 0.507 e. The Morgan fingerprint density at radius 2 is 1.82 bits per heavy atom. The van der Waals surface area contributed by atoms with Crippen LogP contribution in [0.5, 0.6) is 23.0 Å². The van der Waals surface area contributed by atoms with Crippen molar-refractivity contribution in [3.63, 3.8) is 0 Å². The van der Waals surface area contributed by atoms with Crippen molar-refractivity contribution in [3.8, 4) is 23.0 Å². The highest BCUT2D eigenvalue weighted by Gasteiger charge is 2.31. The molecule has 11 heteroatoms. The van der Waals surface area contributed by atoms with Gasteiger partial charge in [0.05, 0.1) is 26.9 Å². The van der Waals surface area contributed by atoms with Gasteiger partial charge in [0.2, 0.25) is 17.6 Å². The van der Waals surface area contributed by atoms with Crippen LogP contribution in [0.25, 0.3) is 0 Å². The molecule has 11 nitrogen and oxygen atoms in total. The van der Waals surface area contributed by atoms with Gasteiger partial charge in [-0.05, 0) is 31.9 Å². The van der Waals surface area contributed by atoms with E-state index < -0.39 is 11.5 Å². The van der Waals surface area contributed by atoms with Crippen LogP contribution in [-0.4, -0.2) is 61.4 Å². The smallest absolute Gasteiger partial charge is 0.343 e. The fourth-order valence-electron chi connectivity index (χ4n) is 4.84. The quantitative estimate of drug-likeness (QED) is 0.430. The summed E-state index contributed by atoms with van der Waals surface area (Å²) in [5.41, 5.74) is -0.288. The number of aromatic nitrogens is 2. The molecule has 0 aliphatic carbocycles. The second-order valence-electron chi connectivity index (χ2n) is 9.00. The molecule has 1 aliphatic heterocycles. The Bertz CT molecular complexity index is 1320. The summed E-state index contributed by atoms with van der Waals surface area (Å²) >= 11 is 0. The van der Waals surface area contributed by atoms with Crippen LogP contribution in [0.2, 0.25) is 0 Å². The van der Waals surface area contributed by atoms with Crippen LogP contribution in [0.3, 0.4) is 0 Å². The first-order valence-electron chi connectivity index (χ1n) is 12.3. The third-order valence-corrected chi connectivity index (χ3v) is 6.63. The number of ether oxygens (including phenoxy) is 3. The molecule has 1 atom stereocenters. The minimum absolute atomic E-state index is 0.0349. The van der Waals surface area contributed by atoms with Gasteiger partial charge in [0.1, 0.15) is 11.5 Å². The zero-order valence-corrected chi connectivity index (χ0v) is 21.9. The second-order valence-corrected chi connectivity index (χ2v) is 9.00. The Morgan fingerprint density at radius 3 is 2.42 bits per heavy atom. The van der Waals surface area contributed by atoms with E-state index in [0.717, 1.165) is 0 Å². The Labute approximate surface area is 220 Å². The van der Waals surface area contributed by atoms with E-state index in [9.17, 15) is 14.7 Å². The molecule has 1 amide bonds. The van der Waals surface area contributed by atoms with Crippen molar-refractivity contribution in [1.29, 1.82) is 0 Å². The topological polar surface area (TPSA) is 136 Å². The molecule has 1 aromatic carbocycles. The molecule has 1 saturated heterocycles. The van der Waals surface area contributed by atoms with Gasteiger partial charge in [-0.15, -0.1) is 0 Å². The SMILES string of the molecule is COc1ccc([C@H](CC(=O)NC2CCN(c3ncccn3)CC2)c2c(O)cc(C)oc2=O)c(OC)c1OC. The highest BCUT2D eigenvalue weighted by atomic mass is 16.5. The van der Waals surface area contributed by atoms with Crippen molar-refractivity contribution in [3.05, 3.63) is 64.0 Å². The fraction of sp³-hybridized carbons (Fsp3) is 0.407. The van der Waals surface area contributed by atoms with Gasteiger partial charge in [-0.1, -0.05) is 6.07 Å². The highest BCUT2D eigenvalue weighted by Crippen LogP contribution is 2.45. The zero-order chi connectivity index (χ0) is 27.2. The Balaban J connectivity index is 1.60. The highest BCUT2D eigenvalue weighted by molar-refractivity contribution is 5.78. The molecule has 0 unspecified atom stereocenters. The van der Waals surface area contributed by atoms with E-state index in [2.05, 4.69) is 20.2 Å². The number of hydrogen-bond donors (Lipinski definition) is 2. The van der Waals surface area contributed by atoms with Crippen LogP contribution in [0.15, 0.2) is 45.9 Å². The van der Waals surface area contributed by atoms with Crippen LogP contribution in [0, 0.1) is 6.92 Å². The number of methoxy groups -OCH3 is 3. The standard InChI is InChI=1S/C27H32N4O7/c1-16-14-20(32)23(26(34)38-16)19(18-6-7-21(35-2)25(37-4)24(18)36-3)15-22(33)30-17-8-12-31(13-9-17)27-28-10-5-11-29-27/h5-7,10-11,14,17,19,32H,8-9,12-13,15H2,1-4H3,(H,30,33)/t19-/m0/s1. The van der Waals surface area contributed by atoms with Crippen LogP contribution in [-0.2, 0) is 4.79 Å². The third kappa shape index (κ3) is 5.66. The predicted octanol–water partition coefficient (Wildman–Crippen LogP) is 2.78. The summed E-state index contributed by atoms with van der Waals surface area (Å²) in [5, 5.41) is 13.8. The molecule has 1 aliphatic rings. The number of rotatable bonds is 9. The first kappa shape index (κ1) is 26.8. The van der Waals surface area contributed by atoms with E-state index in [1.54, 1.807) is 37.5 Å². The maximum absolute atomic E-state index is 13.3. The lowest BCUT2D eigenvalue weighted by Crippen LogP contribution is -2.45. The number of anilines is 1. The fourth-order valence-corrected chi connectivity index (χ4v) is 4.84. The number of amides is 1. The van der Waals surface area contributed by atoms with Gasteiger partial charge in [-0.2, -0.15) is 0 Å². The van der Waals surface area contributed by atoms with Crippen LogP contribution < -0.4 is 30.1 Å². The number of hydrogen-bond acceptors (Lipinski definition) is 10. The van der Waals surface area contributed by atoms with Gasteiger partial charge in [-0.25, -0.2) is 14.8 Å². The maximum Gasteiger partial charge on any atom is 0.343 e. The first-order valence-corrected chi connectivity index (χ1v) is 12.3. The average Bonchev–Trinajstić information content (AvgIpc) is 2.91. The molecule has 2 N–H and O–H groups in total. The van der Waals surface area contributed by atoms with Gasteiger partial charge >= 0.3 is 5.63 Å². The molecule has 3 heterocycles.